The SMILES string of the molecule is CCCn1cncc1C(CN)N(C)C1CCN(C)CC1. The monoisotopic (exact) mass is 279 g/mol. The molecule has 2 heterocycles. The minimum absolute atomic E-state index is 0.275. The summed E-state index contributed by atoms with van der Waals surface area (Å²) in [6, 6.07) is 0.905. The Morgan fingerprint density at radius 3 is 2.75 bits per heavy atom. The van der Waals surface area contributed by atoms with Crippen LogP contribution in [-0.4, -0.2) is 59.1 Å². The summed E-state index contributed by atoms with van der Waals surface area (Å²) in [5.74, 6) is 0. The van der Waals surface area contributed by atoms with Crippen LogP contribution < -0.4 is 5.73 Å². The number of hydrogen-bond donors (Lipinski definition) is 1. The lowest BCUT2D eigenvalue weighted by Gasteiger charge is -2.39. The van der Waals surface area contributed by atoms with Gasteiger partial charge in [0.15, 0.2) is 0 Å². The standard InChI is InChI=1S/C15H29N5/c1-4-7-20-12-17-11-15(20)14(10-16)19(3)13-5-8-18(2)9-6-13/h11-14H,4-10,16H2,1-3H3. The maximum atomic E-state index is 6.07. The highest BCUT2D eigenvalue weighted by Gasteiger charge is 2.27. The molecular weight excluding hydrogens is 250 g/mol. The molecule has 0 aromatic carbocycles. The Labute approximate surface area is 122 Å². The smallest absolute Gasteiger partial charge is 0.0948 e. The minimum Gasteiger partial charge on any atom is -0.333 e. The van der Waals surface area contributed by atoms with Crippen LogP contribution in [0.2, 0.25) is 0 Å². The van der Waals surface area contributed by atoms with E-state index in [1.807, 2.05) is 12.5 Å². The molecule has 1 aromatic rings. The first-order valence-corrected chi connectivity index (χ1v) is 7.78. The van der Waals surface area contributed by atoms with Crippen LogP contribution in [0.3, 0.4) is 0 Å². The van der Waals surface area contributed by atoms with Gasteiger partial charge in [0.25, 0.3) is 0 Å². The van der Waals surface area contributed by atoms with Crippen molar-refractivity contribution in [1.82, 2.24) is 19.4 Å². The zero-order valence-electron chi connectivity index (χ0n) is 13.1. The van der Waals surface area contributed by atoms with E-state index in [2.05, 4.69) is 40.4 Å². The summed E-state index contributed by atoms with van der Waals surface area (Å²) in [5.41, 5.74) is 7.33. The summed E-state index contributed by atoms with van der Waals surface area (Å²) in [7, 11) is 4.42. The van der Waals surface area contributed by atoms with Crippen molar-refractivity contribution in [3.8, 4) is 0 Å². The molecular formula is C15H29N5. The summed E-state index contributed by atoms with van der Waals surface area (Å²) in [6.45, 7) is 6.23. The number of likely N-dealkylation sites (tertiary alicyclic amines) is 1. The fraction of sp³-hybridized carbons (Fsp3) is 0.800. The number of nitrogens with zero attached hydrogens (tertiary/aromatic N) is 4. The lowest BCUT2D eigenvalue weighted by atomic mass is 10.0. The van der Waals surface area contributed by atoms with E-state index in [-0.39, 0.29) is 6.04 Å². The molecule has 5 heteroatoms. The van der Waals surface area contributed by atoms with E-state index in [1.54, 1.807) is 0 Å². The number of aromatic nitrogens is 2. The third-order valence-corrected chi connectivity index (χ3v) is 4.53. The Balaban J connectivity index is 2.08. The summed E-state index contributed by atoms with van der Waals surface area (Å²) in [5, 5.41) is 0. The first-order chi connectivity index (χ1) is 9.67. The highest BCUT2D eigenvalue weighted by Crippen LogP contribution is 2.25. The van der Waals surface area contributed by atoms with Gasteiger partial charge in [-0.15, -0.1) is 0 Å². The van der Waals surface area contributed by atoms with Crippen molar-refractivity contribution in [2.45, 2.75) is 44.8 Å². The van der Waals surface area contributed by atoms with Crippen molar-refractivity contribution in [1.29, 1.82) is 0 Å². The number of aryl methyl sites for hydroxylation is 1. The number of imidazole rings is 1. The molecule has 1 atom stereocenters. The van der Waals surface area contributed by atoms with Crippen LogP contribution in [0, 0.1) is 0 Å². The fourth-order valence-corrected chi connectivity index (χ4v) is 3.19. The van der Waals surface area contributed by atoms with Crippen molar-refractivity contribution in [2.75, 3.05) is 33.7 Å². The summed E-state index contributed by atoms with van der Waals surface area (Å²) < 4.78 is 2.25. The molecule has 20 heavy (non-hydrogen) atoms. The molecule has 0 bridgehead atoms. The zero-order chi connectivity index (χ0) is 14.5. The molecule has 0 amide bonds. The van der Waals surface area contributed by atoms with Gasteiger partial charge < -0.3 is 15.2 Å². The molecule has 0 aliphatic carbocycles. The van der Waals surface area contributed by atoms with Gasteiger partial charge in [-0.25, -0.2) is 4.98 Å². The van der Waals surface area contributed by atoms with Crippen LogP contribution in [0.5, 0.6) is 0 Å². The normalized spacial score (nSPS) is 19.6. The maximum absolute atomic E-state index is 6.07. The van der Waals surface area contributed by atoms with Gasteiger partial charge in [-0.2, -0.15) is 0 Å². The Kier molecular flexibility index (Phi) is 5.57. The number of hydrogen-bond acceptors (Lipinski definition) is 4. The van der Waals surface area contributed by atoms with Crippen molar-refractivity contribution >= 4 is 0 Å². The predicted molar refractivity (Wildman–Crippen MR) is 82.6 cm³/mol. The quantitative estimate of drug-likeness (QED) is 0.853. The topological polar surface area (TPSA) is 50.3 Å². The van der Waals surface area contributed by atoms with E-state index in [0.717, 1.165) is 13.0 Å². The van der Waals surface area contributed by atoms with Crippen LogP contribution in [0.4, 0.5) is 0 Å². The second-order valence-electron chi connectivity index (χ2n) is 5.96. The molecule has 0 radical (unpaired) electrons. The van der Waals surface area contributed by atoms with Gasteiger partial charge in [-0.1, -0.05) is 6.92 Å². The predicted octanol–water partition coefficient (Wildman–Crippen LogP) is 1.32. The molecule has 0 spiro atoms. The molecule has 1 aliphatic rings. The number of nitrogens with two attached hydrogens (primary N) is 1. The zero-order valence-corrected chi connectivity index (χ0v) is 13.1. The van der Waals surface area contributed by atoms with Gasteiger partial charge in [0.1, 0.15) is 0 Å². The van der Waals surface area contributed by atoms with Crippen LogP contribution >= 0.6 is 0 Å². The Morgan fingerprint density at radius 1 is 1.45 bits per heavy atom. The van der Waals surface area contributed by atoms with Gasteiger partial charge in [0.05, 0.1) is 18.1 Å². The molecule has 1 saturated heterocycles. The second kappa shape index (κ2) is 7.20. The van der Waals surface area contributed by atoms with Gasteiger partial charge in [-0.05, 0) is 46.4 Å². The first kappa shape index (κ1) is 15.5. The van der Waals surface area contributed by atoms with E-state index in [4.69, 9.17) is 5.73 Å². The Hall–Kier alpha value is -0.910. The van der Waals surface area contributed by atoms with Crippen molar-refractivity contribution in [3.05, 3.63) is 18.2 Å². The number of likely N-dealkylation sites (N-methyl/N-ethyl adjacent to an activating group) is 1. The molecule has 1 unspecified atom stereocenters. The average molecular weight is 279 g/mol. The largest absolute Gasteiger partial charge is 0.333 e. The minimum atomic E-state index is 0.275. The molecule has 1 fully saturated rings. The highest BCUT2D eigenvalue weighted by molar-refractivity contribution is 5.07. The summed E-state index contributed by atoms with van der Waals surface area (Å²) >= 11 is 0. The van der Waals surface area contributed by atoms with Gasteiger partial charge in [-0.3, -0.25) is 4.90 Å². The molecule has 114 valence electrons. The van der Waals surface area contributed by atoms with E-state index in [0.29, 0.717) is 12.6 Å². The van der Waals surface area contributed by atoms with E-state index < -0.39 is 0 Å². The van der Waals surface area contributed by atoms with Crippen molar-refractivity contribution < 1.29 is 0 Å². The molecule has 0 saturated carbocycles. The highest BCUT2D eigenvalue weighted by atomic mass is 15.2. The van der Waals surface area contributed by atoms with E-state index >= 15 is 0 Å². The van der Waals surface area contributed by atoms with E-state index in [9.17, 15) is 0 Å². The number of rotatable bonds is 6. The second-order valence-corrected chi connectivity index (χ2v) is 5.96. The lowest BCUT2D eigenvalue weighted by molar-refractivity contribution is 0.106. The van der Waals surface area contributed by atoms with Crippen molar-refractivity contribution in [3.63, 3.8) is 0 Å². The van der Waals surface area contributed by atoms with E-state index in [1.165, 1.54) is 31.6 Å². The van der Waals surface area contributed by atoms with Gasteiger partial charge in [0, 0.05) is 25.3 Å². The van der Waals surface area contributed by atoms with Crippen LogP contribution in [0.1, 0.15) is 37.9 Å². The lowest BCUT2D eigenvalue weighted by Crippen LogP contribution is -2.45. The third kappa shape index (κ3) is 3.40. The van der Waals surface area contributed by atoms with Crippen LogP contribution in [0.25, 0.3) is 0 Å². The molecule has 2 N–H and O–H groups in total. The Bertz CT molecular complexity index is 395. The first-order valence-electron chi connectivity index (χ1n) is 7.78. The summed E-state index contributed by atoms with van der Waals surface area (Å²) in [6.07, 6.45) is 7.50. The van der Waals surface area contributed by atoms with Gasteiger partial charge in [0.2, 0.25) is 0 Å². The fourth-order valence-electron chi connectivity index (χ4n) is 3.19. The number of piperidine rings is 1. The van der Waals surface area contributed by atoms with Crippen LogP contribution in [-0.2, 0) is 6.54 Å². The Morgan fingerprint density at radius 2 is 2.15 bits per heavy atom. The maximum Gasteiger partial charge on any atom is 0.0948 e. The van der Waals surface area contributed by atoms with Crippen molar-refractivity contribution in [2.24, 2.45) is 5.73 Å². The van der Waals surface area contributed by atoms with Crippen LogP contribution in [0.15, 0.2) is 12.5 Å². The third-order valence-electron chi connectivity index (χ3n) is 4.53. The average Bonchev–Trinajstić information content (AvgIpc) is 2.89. The summed E-state index contributed by atoms with van der Waals surface area (Å²) in [4.78, 5) is 9.20. The molecule has 5 nitrogen and oxygen atoms in total. The molecule has 1 aromatic heterocycles. The molecule has 2 rings (SSSR count). The molecule has 1 aliphatic heterocycles. The van der Waals surface area contributed by atoms with Gasteiger partial charge >= 0.3 is 0 Å².